The Bertz CT molecular complexity index is 688. The van der Waals surface area contributed by atoms with E-state index >= 15 is 0 Å². The van der Waals surface area contributed by atoms with Gasteiger partial charge in [-0.15, -0.1) is 0 Å². The SMILES string of the molecule is CCc1ccc(/C=C(\C(=O)O)c2ccc(Cl)c(Cl)c2)cc1. The van der Waals surface area contributed by atoms with E-state index in [1.165, 1.54) is 5.56 Å². The topological polar surface area (TPSA) is 37.3 Å². The van der Waals surface area contributed by atoms with Crippen LogP contribution in [0.15, 0.2) is 42.5 Å². The Morgan fingerprint density at radius 1 is 1.10 bits per heavy atom. The normalized spacial score (nSPS) is 11.5. The molecule has 0 heterocycles. The van der Waals surface area contributed by atoms with Crippen LogP contribution in [0.2, 0.25) is 10.0 Å². The number of aryl methyl sites for hydroxylation is 1. The molecule has 21 heavy (non-hydrogen) atoms. The Morgan fingerprint density at radius 3 is 2.29 bits per heavy atom. The number of carboxylic acids is 1. The number of rotatable bonds is 4. The van der Waals surface area contributed by atoms with Crippen LogP contribution in [0, 0.1) is 0 Å². The number of hydrogen-bond acceptors (Lipinski definition) is 1. The summed E-state index contributed by atoms with van der Waals surface area (Å²) in [6.07, 6.45) is 2.57. The second kappa shape index (κ2) is 6.79. The van der Waals surface area contributed by atoms with E-state index < -0.39 is 5.97 Å². The third-order valence-electron chi connectivity index (χ3n) is 3.16. The van der Waals surface area contributed by atoms with Crippen molar-refractivity contribution in [2.45, 2.75) is 13.3 Å². The highest BCUT2D eigenvalue weighted by atomic mass is 35.5. The molecule has 4 heteroatoms. The lowest BCUT2D eigenvalue weighted by Gasteiger charge is -2.05. The van der Waals surface area contributed by atoms with Crippen molar-refractivity contribution in [1.29, 1.82) is 0 Å². The lowest BCUT2D eigenvalue weighted by molar-refractivity contribution is -0.130. The zero-order valence-corrected chi connectivity index (χ0v) is 12.9. The molecule has 0 aliphatic rings. The van der Waals surface area contributed by atoms with Crippen molar-refractivity contribution in [1.82, 2.24) is 0 Å². The first-order chi connectivity index (χ1) is 10.0. The summed E-state index contributed by atoms with van der Waals surface area (Å²) in [5.41, 5.74) is 2.74. The van der Waals surface area contributed by atoms with Crippen LogP contribution in [0.3, 0.4) is 0 Å². The average Bonchev–Trinajstić information content (AvgIpc) is 2.48. The molecule has 0 aliphatic carbocycles. The third kappa shape index (κ3) is 3.87. The summed E-state index contributed by atoms with van der Waals surface area (Å²) in [6.45, 7) is 2.07. The van der Waals surface area contributed by atoms with Crippen LogP contribution >= 0.6 is 23.2 Å². The van der Waals surface area contributed by atoms with Crippen LogP contribution in [-0.4, -0.2) is 11.1 Å². The third-order valence-corrected chi connectivity index (χ3v) is 3.90. The van der Waals surface area contributed by atoms with Crippen molar-refractivity contribution < 1.29 is 9.90 Å². The van der Waals surface area contributed by atoms with Gasteiger partial charge < -0.3 is 5.11 Å². The molecule has 0 aliphatic heterocycles. The zero-order chi connectivity index (χ0) is 15.4. The minimum Gasteiger partial charge on any atom is -0.478 e. The van der Waals surface area contributed by atoms with Gasteiger partial charge in [0.2, 0.25) is 0 Å². The average molecular weight is 321 g/mol. The van der Waals surface area contributed by atoms with Crippen molar-refractivity contribution >= 4 is 40.8 Å². The molecule has 0 amide bonds. The van der Waals surface area contributed by atoms with Crippen molar-refractivity contribution in [2.75, 3.05) is 0 Å². The fraction of sp³-hybridized carbons (Fsp3) is 0.118. The van der Waals surface area contributed by atoms with E-state index in [1.54, 1.807) is 24.3 Å². The standard InChI is InChI=1S/C17H14Cl2O2/c1-2-11-3-5-12(6-4-11)9-14(17(20)21)13-7-8-15(18)16(19)10-13/h3-10H,2H2,1H3,(H,20,21)/b14-9-. The molecule has 2 aromatic rings. The summed E-state index contributed by atoms with van der Waals surface area (Å²) in [5, 5.41) is 10.1. The van der Waals surface area contributed by atoms with Crippen LogP contribution in [0.5, 0.6) is 0 Å². The molecular weight excluding hydrogens is 307 g/mol. The summed E-state index contributed by atoms with van der Waals surface area (Å²) in [7, 11) is 0. The summed E-state index contributed by atoms with van der Waals surface area (Å²) in [5.74, 6) is -1.01. The van der Waals surface area contributed by atoms with Crippen LogP contribution < -0.4 is 0 Å². The van der Waals surface area contributed by atoms with Crippen LogP contribution in [-0.2, 0) is 11.2 Å². The van der Waals surface area contributed by atoms with Gasteiger partial charge in [-0.25, -0.2) is 4.79 Å². The van der Waals surface area contributed by atoms with Gasteiger partial charge in [-0.05, 0) is 41.3 Å². The van der Waals surface area contributed by atoms with Gasteiger partial charge in [0.1, 0.15) is 0 Å². The Balaban J connectivity index is 2.44. The van der Waals surface area contributed by atoms with Crippen molar-refractivity contribution in [3.8, 4) is 0 Å². The van der Waals surface area contributed by atoms with Gasteiger partial charge in [0.15, 0.2) is 0 Å². The predicted molar refractivity (Wildman–Crippen MR) is 87.8 cm³/mol. The molecule has 0 saturated carbocycles. The van der Waals surface area contributed by atoms with E-state index in [2.05, 4.69) is 6.92 Å². The first-order valence-corrected chi connectivity index (χ1v) is 7.26. The Morgan fingerprint density at radius 2 is 1.76 bits per heavy atom. The largest absolute Gasteiger partial charge is 0.478 e. The van der Waals surface area contributed by atoms with E-state index in [0.717, 1.165) is 12.0 Å². The number of hydrogen-bond donors (Lipinski definition) is 1. The molecule has 0 fully saturated rings. The van der Waals surface area contributed by atoms with Crippen LogP contribution in [0.1, 0.15) is 23.6 Å². The second-order valence-corrected chi connectivity index (χ2v) is 5.40. The molecule has 0 spiro atoms. The van der Waals surface area contributed by atoms with E-state index in [0.29, 0.717) is 15.6 Å². The molecule has 0 aromatic heterocycles. The van der Waals surface area contributed by atoms with Gasteiger partial charge in [-0.2, -0.15) is 0 Å². The van der Waals surface area contributed by atoms with E-state index in [-0.39, 0.29) is 5.57 Å². The van der Waals surface area contributed by atoms with Gasteiger partial charge in [0.05, 0.1) is 15.6 Å². The monoisotopic (exact) mass is 320 g/mol. The van der Waals surface area contributed by atoms with Gasteiger partial charge in [-0.1, -0.05) is 60.5 Å². The highest BCUT2D eigenvalue weighted by Gasteiger charge is 2.12. The summed E-state index contributed by atoms with van der Waals surface area (Å²) in [4.78, 5) is 11.5. The number of halogens is 2. The van der Waals surface area contributed by atoms with Crippen LogP contribution in [0.25, 0.3) is 11.6 Å². The molecule has 2 rings (SSSR count). The van der Waals surface area contributed by atoms with Gasteiger partial charge in [-0.3, -0.25) is 0 Å². The highest BCUT2D eigenvalue weighted by Crippen LogP contribution is 2.27. The molecule has 0 radical (unpaired) electrons. The van der Waals surface area contributed by atoms with Gasteiger partial charge in [0.25, 0.3) is 0 Å². The van der Waals surface area contributed by atoms with E-state index in [9.17, 15) is 9.90 Å². The number of carbonyl (C=O) groups is 1. The van der Waals surface area contributed by atoms with Gasteiger partial charge in [0, 0.05) is 0 Å². The van der Waals surface area contributed by atoms with Crippen molar-refractivity contribution in [2.24, 2.45) is 0 Å². The summed E-state index contributed by atoms with van der Waals surface area (Å²) < 4.78 is 0. The molecule has 2 aromatic carbocycles. The Kier molecular flexibility index (Phi) is 5.05. The lowest BCUT2D eigenvalue weighted by Crippen LogP contribution is -1.99. The number of aliphatic carboxylic acids is 1. The van der Waals surface area contributed by atoms with Crippen LogP contribution in [0.4, 0.5) is 0 Å². The maximum absolute atomic E-state index is 11.5. The van der Waals surface area contributed by atoms with Crippen molar-refractivity contribution in [3.63, 3.8) is 0 Å². The highest BCUT2D eigenvalue weighted by molar-refractivity contribution is 6.42. The van der Waals surface area contributed by atoms with Crippen molar-refractivity contribution in [3.05, 3.63) is 69.2 Å². The maximum atomic E-state index is 11.5. The molecule has 0 bridgehead atoms. The molecule has 0 unspecified atom stereocenters. The van der Waals surface area contributed by atoms with E-state index in [4.69, 9.17) is 23.2 Å². The lowest BCUT2D eigenvalue weighted by atomic mass is 10.0. The smallest absolute Gasteiger partial charge is 0.336 e. The van der Waals surface area contributed by atoms with E-state index in [1.807, 2.05) is 24.3 Å². The second-order valence-electron chi connectivity index (χ2n) is 4.59. The Hall–Kier alpha value is -1.77. The number of benzene rings is 2. The fourth-order valence-corrected chi connectivity index (χ4v) is 2.25. The first kappa shape index (κ1) is 15.6. The minimum absolute atomic E-state index is 0.179. The molecule has 0 atom stereocenters. The first-order valence-electron chi connectivity index (χ1n) is 6.50. The molecular formula is C17H14Cl2O2. The molecule has 0 saturated heterocycles. The quantitative estimate of drug-likeness (QED) is 0.622. The molecule has 108 valence electrons. The number of carboxylic acid groups (broad SMARTS) is 1. The zero-order valence-electron chi connectivity index (χ0n) is 11.4. The predicted octanol–water partition coefficient (Wildman–Crippen LogP) is 5.18. The summed E-state index contributed by atoms with van der Waals surface area (Å²) in [6, 6.07) is 12.6. The maximum Gasteiger partial charge on any atom is 0.336 e. The minimum atomic E-state index is -1.01. The summed E-state index contributed by atoms with van der Waals surface area (Å²) >= 11 is 11.8. The molecule has 1 N–H and O–H groups in total. The Labute approximate surface area is 133 Å². The van der Waals surface area contributed by atoms with Gasteiger partial charge >= 0.3 is 5.97 Å². The fourth-order valence-electron chi connectivity index (χ4n) is 1.95. The molecule has 2 nitrogen and oxygen atoms in total.